The average molecular weight is 237 g/mol. The van der Waals surface area contributed by atoms with E-state index in [1.54, 1.807) is 31.3 Å². The molecule has 0 aromatic carbocycles. The van der Waals surface area contributed by atoms with Crippen molar-refractivity contribution in [1.82, 2.24) is 4.98 Å². The molecule has 0 atom stereocenters. The minimum Gasteiger partial charge on any atom is -0.480 e. The van der Waals surface area contributed by atoms with Crippen LogP contribution in [0.4, 0.5) is 0 Å². The van der Waals surface area contributed by atoms with E-state index in [4.69, 9.17) is 10.2 Å². The van der Waals surface area contributed by atoms with E-state index in [1.165, 1.54) is 0 Å². The van der Waals surface area contributed by atoms with Crippen LogP contribution in [0.3, 0.4) is 0 Å². The van der Waals surface area contributed by atoms with Gasteiger partial charge in [0.25, 0.3) is 0 Å². The standard InChI is InChI=1S/C12H15NO4/c1-2-12(10(14)15,11(16)17)7-6-9-5-3-4-8-13-9/h3-5,8H,2,6-7H2,1H3,(H,14,15)(H,16,17). The van der Waals surface area contributed by atoms with Gasteiger partial charge in [-0.2, -0.15) is 0 Å². The smallest absolute Gasteiger partial charge is 0.321 e. The number of hydrogen-bond donors (Lipinski definition) is 2. The summed E-state index contributed by atoms with van der Waals surface area (Å²) in [5.74, 6) is -2.58. The Kier molecular flexibility index (Phi) is 4.20. The summed E-state index contributed by atoms with van der Waals surface area (Å²) in [7, 11) is 0. The van der Waals surface area contributed by atoms with Gasteiger partial charge in [-0.15, -0.1) is 0 Å². The van der Waals surface area contributed by atoms with E-state index in [9.17, 15) is 9.59 Å². The quantitative estimate of drug-likeness (QED) is 0.733. The Balaban J connectivity index is 2.82. The second-order valence-corrected chi connectivity index (χ2v) is 3.87. The number of carbonyl (C=O) groups is 2. The van der Waals surface area contributed by atoms with Crippen molar-refractivity contribution in [2.45, 2.75) is 26.2 Å². The third-order valence-electron chi connectivity index (χ3n) is 2.96. The molecule has 0 saturated carbocycles. The zero-order valence-electron chi connectivity index (χ0n) is 9.59. The Labute approximate surface area is 99.1 Å². The summed E-state index contributed by atoms with van der Waals surface area (Å²) in [5.41, 5.74) is -1.01. The summed E-state index contributed by atoms with van der Waals surface area (Å²) in [5, 5.41) is 18.1. The van der Waals surface area contributed by atoms with Crippen molar-refractivity contribution in [2.75, 3.05) is 0 Å². The molecule has 1 aromatic heterocycles. The number of pyridine rings is 1. The Bertz CT molecular complexity index is 388. The molecule has 5 heteroatoms. The summed E-state index contributed by atoms with van der Waals surface area (Å²) in [6, 6.07) is 5.30. The zero-order valence-corrected chi connectivity index (χ0v) is 9.59. The number of rotatable bonds is 6. The molecular formula is C12H15NO4. The fraction of sp³-hybridized carbons (Fsp3) is 0.417. The molecule has 0 aliphatic heterocycles. The highest BCUT2D eigenvalue weighted by molar-refractivity contribution is 5.98. The fourth-order valence-corrected chi connectivity index (χ4v) is 1.67. The van der Waals surface area contributed by atoms with Gasteiger partial charge in [-0.3, -0.25) is 14.6 Å². The highest BCUT2D eigenvalue weighted by Gasteiger charge is 2.44. The van der Waals surface area contributed by atoms with Crippen molar-refractivity contribution < 1.29 is 19.8 Å². The molecule has 0 fully saturated rings. The predicted octanol–water partition coefficient (Wildman–Crippen LogP) is 1.58. The molecule has 0 aliphatic carbocycles. The molecule has 0 spiro atoms. The molecule has 2 N–H and O–H groups in total. The van der Waals surface area contributed by atoms with Crippen LogP contribution in [0.2, 0.25) is 0 Å². The lowest BCUT2D eigenvalue weighted by atomic mass is 9.80. The largest absolute Gasteiger partial charge is 0.480 e. The van der Waals surface area contributed by atoms with Crippen LogP contribution >= 0.6 is 0 Å². The van der Waals surface area contributed by atoms with E-state index in [1.807, 2.05) is 0 Å². The molecule has 17 heavy (non-hydrogen) atoms. The molecule has 0 aliphatic rings. The second kappa shape index (κ2) is 5.43. The summed E-state index contributed by atoms with van der Waals surface area (Å²) in [6.45, 7) is 1.57. The van der Waals surface area contributed by atoms with Crippen LogP contribution in [0.5, 0.6) is 0 Å². The summed E-state index contributed by atoms with van der Waals surface area (Å²) in [6.07, 6.45) is 2.05. The van der Waals surface area contributed by atoms with Gasteiger partial charge in [0.05, 0.1) is 0 Å². The van der Waals surface area contributed by atoms with Gasteiger partial charge >= 0.3 is 11.9 Å². The van der Waals surface area contributed by atoms with Gasteiger partial charge in [0, 0.05) is 11.9 Å². The maximum atomic E-state index is 11.1. The van der Waals surface area contributed by atoms with Crippen LogP contribution in [0.1, 0.15) is 25.5 Å². The molecule has 92 valence electrons. The molecular weight excluding hydrogens is 222 g/mol. The number of aryl methyl sites for hydroxylation is 1. The van der Waals surface area contributed by atoms with Crippen LogP contribution in [0.15, 0.2) is 24.4 Å². The maximum Gasteiger partial charge on any atom is 0.321 e. The van der Waals surface area contributed by atoms with Crippen LogP contribution in [-0.2, 0) is 16.0 Å². The first-order valence-corrected chi connectivity index (χ1v) is 5.39. The van der Waals surface area contributed by atoms with Gasteiger partial charge < -0.3 is 10.2 Å². The van der Waals surface area contributed by atoms with Gasteiger partial charge in [-0.25, -0.2) is 0 Å². The number of carboxylic acids is 2. The number of aromatic nitrogens is 1. The van der Waals surface area contributed by atoms with Gasteiger partial charge in [0.15, 0.2) is 5.41 Å². The Morgan fingerprint density at radius 2 is 1.94 bits per heavy atom. The summed E-state index contributed by atoms with van der Waals surface area (Å²) < 4.78 is 0. The third kappa shape index (κ3) is 2.81. The molecule has 0 saturated heterocycles. The van der Waals surface area contributed by atoms with Crippen LogP contribution in [0, 0.1) is 5.41 Å². The van der Waals surface area contributed by atoms with E-state index >= 15 is 0 Å². The molecule has 1 rings (SSSR count). The van der Waals surface area contributed by atoms with Crippen molar-refractivity contribution in [3.8, 4) is 0 Å². The van der Waals surface area contributed by atoms with Crippen LogP contribution < -0.4 is 0 Å². The number of aliphatic carboxylic acids is 2. The Hall–Kier alpha value is -1.91. The van der Waals surface area contributed by atoms with Gasteiger partial charge in [-0.1, -0.05) is 13.0 Å². The minimum absolute atomic E-state index is 0.0468. The van der Waals surface area contributed by atoms with Crippen molar-refractivity contribution in [1.29, 1.82) is 0 Å². The van der Waals surface area contributed by atoms with E-state index in [2.05, 4.69) is 4.98 Å². The molecule has 0 amide bonds. The van der Waals surface area contributed by atoms with Crippen LogP contribution in [-0.4, -0.2) is 27.1 Å². The molecule has 5 nitrogen and oxygen atoms in total. The number of nitrogens with zero attached hydrogens (tertiary/aromatic N) is 1. The maximum absolute atomic E-state index is 11.1. The van der Waals surface area contributed by atoms with E-state index in [0.717, 1.165) is 0 Å². The Morgan fingerprint density at radius 1 is 1.29 bits per heavy atom. The SMILES string of the molecule is CCC(CCc1ccccn1)(C(=O)O)C(=O)O. The first-order chi connectivity index (χ1) is 8.03. The van der Waals surface area contributed by atoms with Crippen molar-refractivity contribution >= 4 is 11.9 Å². The molecule has 0 radical (unpaired) electrons. The lowest BCUT2D eigenvalue weighted by Gasteiger charge is -2.22. The highest BCUT2D eigenvalue weighted by atomic mass is 16.4. The van der Waals surface area contributed by atoms with Crippen molar-refractivity contribution in [3.05, 3.63) is 30.1 Å². The lowest BCUT2D eigenvalue weighted by molar-refractivity contribution is -0.165. The third-order valence-corrected chi connectivity index (χ3v) is 2.96. The van der Waals surface area contributed by atoms with Crippen molar-refractivity contribution in [2.24, 2.45) is 5.41 Å². The van der Waals surface area contributed by atoms with E-state index in [-0.39, 0.29) is 12.8 Å². The predicted molar refractivity (Wildman–Crippen MR) is 60.6 cm³/mol. The average Bonchev–Trinajstić information content (AvgIpc) is 2.31. The first-order valence-electron chi connectivity index (χ1n) is 5.39. The first kappa shape index (κ1) is 13.2. The topological polar surface area (TPSA) is 87.5 Å². The zero-order chi connectivity index (χ0) is 12.9. The van der Waals surface area contributed by atoms with Gasteiger partial charge in [0.2, 0.25) is 0 Å². The van der Waals surface area contributed by atoms with Crippen molar-refractivity contribution in [3.63, 3.8) is 0 Å². The second-order valence-electron chi connectivity index (χ2n) is 3.87. The lowest BCUT2D eigenvalue weighted by Crippen LogP contribution is -2.39. The number of hydrogen-bond acceptors (Lipinski definition) is 3. The van der Waals surface area contributed by atoms with E-state index in [0.29, 0.717) is 12.1 Å². The highest BCUT2D eigenvalue weighted by Crippen LogP contribution is 2.28. The van der Waals surface area contributed by atoms with Gasteiger partial charge in [-0.05, 0) is 31.4 Å². The monoisotopic (exact) mass is 237 g/mol. The Morgan fingerprint density at radius 3 is 2.35 bits per heavy atom. The summed E-state index contributed by atoms with van der Waals surface area (Å²) in [4.78, 5) is 26.3. The fourth-order valence-electron chi connectivity index (χ4n) is 1.67. The number of carboxylic acid groups (broad SMARTS) is 2. The summed E-state index contributed by atoms with van der Waals surface area (Å²) >= 11 is 0. The minimum atomic E-state index is -1.71. The van der Waals surface area contributed by atoms with Gasteiger partial charge in [0.1, 0.15) is 0 Å². The van der Waals surface area contributed by atoms with Crippen LogP contribution in [0.25, 0.3) is 0 Å². The molecule has 0 bridgehead atoms. The molecule has 0 unspecified atom stereocenters. The van der Waals surface area contributed by atoms with E-state index < -0.39 is 17.4 Å². The molecule has 1 aromatic rings. The normalized spacial score (nSPS) is 11.1. The molecule has 1 heterocycles.